The van der Waals surface area contributed by atoms with Crippen LogP contribution in [0.4, 0.5) is 26.3 Å². The lowest BCUT2D eigenvalue weighted by atomic mass is 9.78. The number of pyridine rings is 1. The zero-order chi connectivity index (χ0) is 30.6. The van der Waals surface area contributed by atoms with Gasteiger partial charge in [-0.25, -0.2) is 9.59 Å². The Hall–Kier alpha value is -2.94. The van der Waals surface area contributed by atoms with Crippen LogP contribution >= 0.6 is 0 Å². The Bertz CT molecular complexity index is 909. The Kier molecular flexibility index (Phi) is 13.8. The topological polar surface area (TPSA) is 120 Å². The predicted octanol–water partition coefficient (Wildman–Crippen LogP) is 4.23. The fraction of sp³-hybridized carbons (Fsp3) is 0.680. The minimum Gasteiger partial charge on any atom is -0.475 e. The largest absolute Gasteiger partial charge is 0.490 e. The summed E-state index contributed by atoms with van der Waals surface area (Å²) < 4.78 is 69.5. The fourth-order valence-electron chi connectivity index (χ4n) is 4.36. The molecule has 15 heteroatoms. The van der Waals surface area contributed by atoms with Gasteiger partial charge >= 0.3 is 24.3 Å². The summed E-state index contributed by atoms with van der Waals surface area (Å²) in [7, 11) is 0. The van der Waals surface area contributed by atoms with Crippen molar-refractivity contribution in [1.29, 1.82) is 0 Å². The minimum atomic E-state index is -5.08. The van der Waals surface area contributed by atoms with Gasteiger partial charge in [-0.15, -0.1) is 0 Å². The van der Waals surface area contributed by atoms with Crippen LogP contribution in [0.2, 0.25) is 0 Å². The van der Waals surface area contributed by atoms with Gasteiger partial charge < -0.3 is 19.8 Å². The van der Waals surface area contributed by atoms with Crippen LogP contribution in [0.1, 0.15) is 45.1 Å². The third kappa shape index (κ3) is 12.1. The van der Waals surface area contributed by atoms with Crippen molar-refractivity contribution >= 4 is 17.8 Å². The van der Waals surface area contributed by atoms with E-state index < -0.39 is 24.3 Å². The van der Waals surface area contributed by atoms with Gasteiger partial charge in [0, 0.05) is 56.5 Å². The summed E-state index contributed by atoms with van der Waals surface area (Å²) >= 11 is 0. The average molecular weight is 588 g/mol. The summed E-state index contributed by atoms with van der Waals surface area (Å²) in [6, 6.07) is 4.19. The number of carboxylic acids is 2. The molecule has 1 amide bonds. The third-order valence-corrected chi connectivity index (χ3v) is 6.63. The Morgan fingerprint density at radius 2 is 1.43 bits per heavy atom. The van der Waals surface area contributed by atoms with Gasteiger partial charge in [-0.05, 0) is 43.4 Å². The van der Waals surface area contributed by atoms with Gasteiger partial charge in [0.15, 0.2) is 0 Å². The number of piperidine rings is 1. The van der Waals surface area contributed by atoms with Gasteiger partial charge in [-0.3, -0.25) is 14.7 Å². The Balaban J connectivity index is 0.000000473. The SMILES string of the molecule is CCC(CC)C(=O)N1CCC2(CC1)COCCN(Cc1ccncc1)C2.O=C(O)C(F)(F)F.O=C(O)C(F)(F)F. The van der Waals surface area contributed by atoms with Crippen LogP contribution in [0.25, 0.3) is 0 Å². The van der Waals surface area contributed by atoms with Gasteiger partial charge in [0.25, 0.3) is 0 Å². The fourth-order valence-corrected chi connectivity index (χ4v) is 4.36. The van der Waals surface area contributed by atoms with Crippen LogP contribution < -0.4 is 0 Å². The Morgan fingerprint density at radius 3 is 1.85 bits per heavy atom. The van der Waals surface area contributed by atoms with E-state index in [0.717, 1.165) is 71.6 Å². The van der Waals surface area contributed by atoms with E-state index in [1.807, 2.05) is 12.4 Å². The van der Waals surface area contributed by atoms with E-state index in [-0.39, 0.29) is 11.3 Å². The minimum absolute atomic E-state index is 0.189. The Morgan fingerprint density at radius 1 is 0.950 bits per heavy atom. The highest BCUT2D eigenvalue weighted by Crippen LogP contribution is 2.35. The van der Waals surface area contributed by atoms with Crippen LogP contribution in [0, 0.1) is 11.3 Å². The summed E-state index contributed by atoms with van der Waals surface area (Å²) in [6.45, 7) is 10.6. The number of aliphatic carboxylic acids is 2. The smallest absolute Gasteiger partial charge is 0.475 e. The maximum Gasteiger partial charge on any atom is 0.490 e. The number of halogens is 6. The molecule has 2 N–H and O–H groups in total. The normalized spacial score (nSPS) is 17.7. The molecule has 0 atom stereocenters. The van der Waals surface area contributed by atoms with Crippen molar-refractivity contribution < 1.29 is 55.7 Å². The number of ether oxygens (including phenoxy) is 1. The number of hydrogen-bond donors (Lipinski definition) is 2. The lowest BCUT2D eigenvalue weighted by Gasteiger charge is -2.43. The first-order chi connectivity index (χ1) is 18.5. The second-order valence-electron chi connectivity index (χ2n) is 9.56. The highest BCUT2D eigenvalue weighted by Gasteiger charge is 2.40. The molecule has 2 saturated heterocycles. The number of carbonyl (C=O) groups is 3. The number of rotatable bonds is 5. The summed E-state index contributed by atoms with van der Waals surface area (Å²) in [5, 5.41) is 14.2. The van der Waals surface area contributed by atoms with Crippen molar-refractivity contribution in [1.82, 2.24) is 14.8 Å². The van der Waals surface area contributed by atoms with E-state index in [1.165, 1.54) is 5.56 Å². The van der Waals surface area contributed by atoms with Crippen molar-refractivity contribution in [2.45, 2.75) is 58.4 Å². The van der Waals surface area contributed by atoms with Crippen LogP contribution in [0.15, 0.2) is 24.5 Å². The molecule has 1 aromatic rings. The van der Waals surface area contributed by atoms with Gasteiger partial charge in [0.1, 0.15) is 0 Å². The molecule has 0 radical (unpaired) electrons. The molecule has 2 aliphatic heterocycles. The molecule has 3 rings (SSSR count). The van der Waals surface area contributed by atoms with E-state index in [2.05, 4.69) is 40.8 Å². The van der Waals surface area contributed by atoms with Crippen LogP contribution in [0.3, 0.4) is 0 Å². The van der Waals surface area contributed by atoms with Crippen molar-refractivity contribution in [2.75, 3.05) is 39.4 Å². The number of hydrogen-bond acceptors (Lipinski definition) is 6. The lowest BCUT2D eigenvalue weighted by molar-refractivity contribution is -0.193. The zero-order valence-electron chi connectivity index (χ0n) is 22.3. The molecule has 3 heterocycles. The molecule has 0 unspecified atom stereocenters. The van der Waals surface area contributed by atoms with E-state index in [4.69, 9.17) is 24.5 Å². The molecule has 40 heavy (non-hydrogen) atoms. The summed E-state index contributed by atoms with van der Waals surface area (Å²) in [4.78, 5) is 39.2. The highest BCUT2D eigenvalue weighted by atomic mass is 19.4. The molecule has 2 fully saturated rings. The monoisotopic (exact) mass is 587 g/mol. The number of carboxylic acid groups (broad SMARTS) is 2. The molecule has 0 aliphatic carbocycles. The van der Waals surface area contributed by atoms with Gasteiger partial charge in [0.05, 0.1) is 13.2 Å². The van der Waals surface area contributed by atoms with Crippen molar-refractivity contribution in [3.63, 3.8) is 0 Å². The number of aromatic nitrogens is 1. The van der Waals surface area contributed by atoms with E-state index in [9.17, 15) is 31.1 Å². The average Bonchev–Trinajstić information content (AvgIpc) is 3.07. The van der Waals surface area contributed by atoms with Crippen molar-refractivity contribution in [3.05, 3.63) is 30.1 Å². The first-order valence-corrected chi connectivity index (χ1v) is 12.6. The molecular weight excluding hydrogens is 552 g/mol. The first kappa shape index (κ1) is 35.1. The Labute approximate surface area is 228 Å². The van der Waals surface area contributed by atoms with Gasteiger partial charge in [-0.2, -0.15) is 26.3 Å². The van der Waals surface area contributed by atoms with Crippen molar-refractivity contribution in [2.24, 2.45) is 11.3 Å². The molecule has 9 nitrogen and oxygen atoms in total. The molecular formula is C25H35F6N3O6. The summed E-state index contributed by atoms with van der Waals surface area (Å²) in [5.74, 6) is -4.97. The molecule has 0 bridgehead atoms. The van der Waals surface area contributed by atoms with Crippen LogP contribution in [-0.4, -0.2) is 94.6 Å². The van der Waals surface area contributed by atoms with Gasteiger partial charge in [-0.1, -0.05) is 13.8 Å². The first-order valence-electron chi connectivity index (χ1n) is 12.6. The number of alkyl halides is 6. The second kappa shape index (κ2) is 15.7. The molecule has 1 spiro atoms. The number of amides is 1. The van der Waals surface area contributed by atoms with Crippen LogP contribution in [-0.2, 0) is 25.7 Å². The second-order valence-corrected chi connectivity index (χ2v) is 9.56. The quantitative estimate of drug-likeness (QED) is 0.492. The van der Waals surface area contributed by atoms with Crippen molar-refractivity contribution in [3.8, 4) is 0 Å². The van der Waals surface area contributed by atoms with E-state index >= 15 is 0 Å². The van der Waals surface area contributed by atoms with Crippen LogP contribution in [0.5, 0.6) is 0 Å². The zero-order valence-corrected chi connectivity index (χ0v) is 22.3. The van der Waals surface area contributed by atoms with E-state index in [1.54, 1.807) is 0 Å². The summed E-state index contributed by atoms with van der Waals surface area (Å²) in [5.41, 5.74) is 1.49. The standard InChI is InChI=1S/C21H33N3O2.2C2HF3O2/c1-3-19(4-2)20(25)24-11-7-21(8-12-24)16-23(13-14-26-17-21)15-18-5-9-22-10-6-18;2*3-2(4,5)1(6)7/h5-6,9-10,19H,3-4,7-8,11-17H2,1-2H3;2*(H,6,7). The third-order valence-electron chi connectivity index (χ3n) is 6.63. The highest BCUT2D eigenvalue weighted by molar-refractivity contribution is 5.78. The molecule has 2 aliphatic rings. The lowest BCUT2D eigenvalue weighted by Crippen LogP contribution is -2.49. The maximum absolute atomic E-state index is 12.7. The summed E-state index contributed by atoms with van der Waals surface area (Å²) in [6.07, 6.45) is -2.46. The predicted molar refractivity (Wildman–Crippen MR) is 130 cm³/mol. The van der Waals surface area contributed by atoms with Gasteiger partial charge in [0.2, 0.25) is 5.91 Å². The maximum atomic E-state index is 12.7. The molecule has 0 saturated carbocycles. The van der Waals surface area contributed by atoms with E-state index in [0.29, 0.717) is 5.91 Å². The number of likely N-dealkylation sites (tertiary alicyclic amines) is 1. The number of carbonyl (C=O) groups excluding carboxylic acids is 1. The molecule has 1 aromatic heterocycles. The number of nitrogens with zero attached hydrogens (tertiary/aromatic N) is 3. The molecule has 0 aromatic carbocycles. The molecule has 228 valence electrons.